The minimum Gasteiger partial charge on any atom is -0.387 e. The minimum absolute atomic E-state index is 0.0804. The molecule has 1 rings (SSSR count). The van der Waals surface area contributed by atoms with Crippen LogP contribution in [0.3, 0.4) is 0 Å². The second kappa shape index (κ2) is 11.4. The van der Waals surface area contributed by atoms with Crippen LogP contribution in [0.2, 0.25) is 0 Å². The maximum absolute atomic E-state index is 11.7. The molecule has 8 heteroatoms. The molecule has 5 N–H and O–H groups in total. The lowest BCUT2D eigenvalue weighted by atomic mass is 10.2. The van der Waals surface area contributed by atoms with Crippen molar-refractivity contribution in [3.63, 3.8) is 0 Å². The number of unbranched alkanes of at least 4 members (excludes halogenated alkanes) is 2. The van der Waals surface area contributed by atoms with Crippen LogP contribution >= 0.6 is 0 Å². The molecular formula is C14H29N5O3. The fourth-order valence-electron chi connectivity index (χ4n) is 2.30. The number of hydrazine groups is 1. The number of hydrogen-bond donors (Lipinski definition) is 4. The lowest BCUT2D eigenvalue weighted by Gasteiger charge is -2.31. The zero-order valence-electron chi connectivity index (χ0n) is 13.2. The summed E-state index contributed by atoms with van der Waals surface area (Å²) < 4.78 is 0. The summed E-state index contributed by atoms with van der Waals surface area (Å²) >= 11 is 0. The van der Waals surface area contributed by atoms with Gasteiger partial charge in [-0.25, -0.2) is 5.01 Å². The van der Waals surface area contributed by atoms with Gasteiger partial charge in [-0.15, -0.1) is 0 Å². The first-order chi connectivity index (χ1) is 10.6. The van der Waals surface area contributed by atoms with Crippen molar-refractivity contribution in [2.45, 2.75) is 25.7 Å². The van der Waals surface area contributed by atoms with Crippen LogP contribution in [0.15, 0.2) is 0 Å². The monoisotopic (exact) mass is 315 g/mol. The van der Waals surface area contributed by atoms with E-state index in [0.29, 0.717) is 19.5 Å². The fourth-order valence-corrected chi connectivity index (χ4v) is 2.30. The van der Waals surface area contributed by atoms with Crippen molar-refractivity contribution in [1.82, 2.24) is 20.5 Å². The molecule has 1 fully saturated rings. The summed E-state index contributed by atoms with van der Waals surface area (Å²) in [6.45, 7) is 5.28. The lowest BCUT2D eigenvalue weighted by Crippen LogP contribution is -2.50. The number of amides is 2. The highest BCUT2D eigenvalue weighted by Crippen LogP contribution is 1.99. The topological polar surface area (TPSA) is 111 Å². The Balaban J connectivity index is 1.90. The number of aliphatic hydroxyl groups excluding tert-OH is 1. The molecule has 1 saturated heterocycles. The standard InChI is InChI=1S/C14H29N5O3/c15-19-10-8-18(9-11-19)7-6-17-13(21)4-2-1-3-5-16-14(22)12-20/h20H,1-12,15H2,(H,16,22)(H,17,21). The van der Waals surface area contributed by atoms with E-state index in [1.54, 1.807) is 0 Å². The molecule has 0 radical (unpaired) electrons. The molecule has 0 saturated carbocycles. The highest BCUT2D eigenvalue weighted by molar-refractivity contribution is 5.76. The number of aliphatic hydroxyl groups is 1. The second-order valence-corrected chi connectivity index (χ2v) is 5.55. The van der Waals surface area contributed by atoms with E-state index in [1.165, 1.54) is 0 Å². The van der Waals surface area contributed by atoms with Crippen molar-refractivity contribution in [3.05, 3.63) is 0 Å². The van der Waals surface area contributed by atoms with Crippen molar-refractivity contribution in [2.24, 2.45) is 5.84 Å². The summed E-state index contributed by atoms with van der Waals surface area (Å²) in [5, 5.41) is 15.9. The molecule has 128 valence electrons. The number of piperazine rings is 1. The van der Waals surface area contributed by atoms with Crippen molar-refractivity contribution in [2.75, 3.05) is 52.4 Å². The van der Waals surface area contributed by atoms with Crippen LogP contribution in [0.25, 0.3) is 0 Å². The van der Waals surface area contributed by atoms with E-state index in [2.05, 4.69) is 15.5 Å². The van der Waals surface area contributed by atoms with Gasteiger partial charge in [-0.2, -0.15) is 0 Å². The molecule has 0 spiro atoms. The molecule has 0 unspecified atom stereocenters. The van der Waals surface area contributed by atoms with Crippen molar-refractivity contribution >= 4 is 11.8 Å². The van der Waals surface area contributed by atoms with Crippen LogP contribution in [0.1, 0.15) is 25.7 Å². The molecule has 0 aromatic carbocycles. The quantitative estimate of drug-likeness (QED) is 0.281. The van der Waals surface area contributed by atoms with E-state index in [0.717, 1.165) is 52.0 Å². The van der Waals surface area contributed by atoms with Gasteiger partial charge in [0.25, 0.3) is 0 Å². The Bertz CT molecular complexity index is 332. The predicted molar refractivity (Wildman–Crippen MR) is 83.8 cm³/mol. The number of nitrogens with zero attached hydrogens (tertiary/aromatic N) is 2. The maximum atomic E-state index is 11.7. The van der Waals surface area contributed by atoms with Gasteiger partial charge in [-0.3, -0.25) is 20.3 Å². The van der Waals surface area contributed by atoms with E-state index in [9.17, 15) is 9.59 Å². The molecule has 0 bridgehead atoms. The highest BCUT2D eigenvalue weighted by atomic mass is 16.3. The molecule has 2 amide bonds. The largest absolute Gasteiger partial charge is 0.387 e. The predicted octanol–water partition coefficient (Wildman–Crippen LogP) is -1.74. The molecule has 1 heterocycles. The third-order valence-electron chi connectivity index (χ3n) is 3.70. The molecule has 1 aliphatic heterocycles. The Hall–Kier alpha value is -1.22. The van der Waals surface area contributed by atoms with Gasteiger partial charge in [0.15, 0.2) is 0 Å². The van der Waals surface area contributed by atoms with Crippen molar-refractivity contribution in [1.29, 1.82) is 0 Å². The number of nitrogens with two attached hydrogens (primary N) is 1. The summed E-state index contributed by atoms with van der Waals surface area (Å²) in [7, 11) is 0. The summed E-state index contributed by atoms with van der Waals surface area (Å²) in [4.78, 5) is 24.7. The molecule has 22 heavy (non-hydrogen) atoms. The van der Waals surface area contributed by atoms with Crippen molar-refractivity contribution in [3.8, 4) is 0 Å². The van der Waals surface area contributed by atoms with Gasteiger partial charge in [0.2, 0.25) is 11.8 Å². The number of carbonyl (C=O) groups excluding carboxylic acids is 2. The second-order valence-electron chi connectivity index (χ2n) is 5.55. The van der Waals surface area contributed by atoms with Crippen LogP contribution in [0.4, 0.5) is 0 Å². The number of hydrogen-bond acceptors (Lipinski definition) is 6. The molecular weight excluding hydrogens is 286 g/mol. The molecule has 0 aromatic rings. The normalized spacial score (nSPS) is 16.5. The maximum Gasteiger partial charge on any atom is 0.245 e. The molecule has 1 aliphatic rings. The van der Waals surface area contributed by atoms with Crippen LogP contribution in [0, 0.1) is 0 Å². The van der Waals surface area contributed by atoms with E-state index >= 15 is 0 Å². The average molecular weight is 315 g/mol. The molecule has 0 aliphatic carbocycles. The van der Waals surface area contributed by atoms with Crippen molar-refractivity contribution < 1.29 is 14.7 Å². The smallest absolute Gasteiger partial charge is 0.245 e. The zero-order valence-corrected chi connectivity index (χ0v) is 13.2. The third kappa shape index (κ3) is 8.93. The Morgan fingerprint density at radius 1 is 0.955 bits per heavy atom. The van der Waals surface area contributed by atoms with Gasteiger partial charge in [0.1, 0.15) is 6.61 Å². The number of carbonyl (C=O) groups is 2. The SMILES string of the molecule is NN1CCN(CCNC(=O)CCCCCNC(=O)CO)CC1. The average Bonchev–Trinajstić information content (AvgIpc) is 2.52. The lowest BCUT2D eigenvalue weighted by molar-refractivity contribution is -0.124. The highest BCUT2D eigenvalue weighted by Gasteiger charge is 2.13. The first-order valence-electron chi connectivity index (χ1n) is 7.98. The van der Waals surface area contributed by atoms with Crippen LogP contribution in [-0.2, 0) is 9.59 Å². The Morgan fingerprint density at radius 2 is 1.64 bits per heavy atom. The summed E-state index contributed by atoms with van der Waals surface area (Å²) in [6.07, 6.45) is 3.04. The summed E-state index contributed by atoms with van der Waals surface area (Å²) in [5.41, 5.74) is 0. The summed E-state index contributed by atoms with van der Waals surface area (Å²) in [5.74, 6) is 5.42. The summed E-state index contributed by atoms with van der Waals surface area (Å²) in [6, 6.07) is 0. The molecule has 0 atom stereocenters. The van der Waals surface area contributed by atoms with Crippen LogP contribution in [-0.4, -0.2) is 79.2 Å². The third-order valence-corrected chi connectivity index (χ3v) is 3.70. The van der Waals surface area contributed by atoms with E-state index in [4.69, 9.17) is 10.9 Å². The first-order valence-corrected chi connectivity index (χ1v) is 7.98. The van der Waals surface area contributed by atoms with E-state index < -0.39 is 6.61 Å². The number of rotatable bonds is 10. The Morgan fingerprint density at radius 3 is 2.32 bits per heavy atom. The van der Waals surface area contributed by atoms with Crippen LogP contribution in [0.5, 0.6) is 0 Å². The molecule has 8 nitrogen and oxygen atoms in total. The first kappa shape index (κ1) is 18.8. The van der Waals surface area contributed by atoms with Gasteiger partial charge in [0, 0.05) is 52.2 Å². The van der Waals surface area contributed by atoms with Gasteiger partial charge in [-0.1, -0.05) is 6.42 Å². The van der Waals surface area contributed by atoms with Gasteiger partial charge >= 0.3 is 0 Å². The Labute approximate surface area is 132 Å². The van der Waals surface area contributed by atoms with E-state index in [1.807, 2.05) is 5.01 Å². The van der Waals surface area contributed by atoms with Gasteiger partial charge in [0.05, 0.1) is 0 Å². The zero-order chi connectivity index (χ0) is 16.2. The Kier molecular flexibility index (Phi) is 9.72. The van der Waals surface area contributed by atoms with Gasteiger partial charge < -0.3 is 15.7 Å². The molecule has 0 aromatic heterocycles. The van der Waals surface area contributed by atoms with Gasteiger partial charge in [-0.05, 0) is 12.8 Å². The van der Waals surface area contributed by atoms with E-state index in [-0.39, 0.29) is 11.8 Å². The minimum atomic E-state index is -0.470. The number of nitrogens with one attached hydrogen (secondary N) is 2. The fraction of sp³-hybridized carbons (Fsp3) is 0.857. The van der Waals surface area contributed by atoms with Crippen LogP contribution < -0.4 is 16.5 Å².